The summed E-state index contributed by atoms with van der Waals surface area (Å²) in [7, 11) is 0. The van der Waals surface area contributed by atoms with Crippen LogP contribution < -0.4 is 10.1 Å². The molecule has 0 aliphatic heterocycles. The van der Waals surface area contributed by atoms with E-state index in [2.05, 4.69) is 27.6 Å². The van der Waals surface area contributed by atoms with Crippen LogP contribution in [-0.2, 0) is 10.5 Å². The molecule has 0 fully saturated rings. The Bertz CT molecular complexity index is 827. The van der Waals surface area contributed by atoms with Crippen LogP contribution in [0.15, 0.2) is 72.8 Å². The molecule has 1 aromatic heterocycles. The van der Waals surface area contributed by atoms with Crippen molar-refractivity contribution in [3.8, 4) is 17.1 Å². The molecule has 0 radical (unpaired) electrons. The third kappa shape index (κ3) is 6.42. The van der Waals surface area contributed by atoms with Crippen LogP contribution in [0.25, 0.3) is 11.3 Å². The first-order chi connectivity index (χ1) is 13.3. The van der Waals surface area contributed by atoms with Gasteiger partial charge in [-0.2, -0.15) is 0 Å². The summed E-state index contributed by atoms with van der Waals surface area (Å²) in [6, 6.07) is 23.6. The van der Waals surface area contributed by atoms with Crippen molar-refractivity contribution >= 4 is 17.7 Å². The number of carbonyl (C=O) groups is 1. The van der Waals surface area contributed by atoms with Gasteiger partial charge in [-0.3, -0.25) is 4.79 Å². The van der Waals surface area contributed by atoms with Gasteiger partial charge in [-0.25, -0.2) is 0 Å². The van der Waals surface area contributed by atoms with Crippen LogP contribution in [0.5, 0.6) is 5.88 Å². The third-order valence-electron chi connectivity index (χ3n) is 3.73. The molecule has 0 saturated heterocycles. The maximum atomic E-state index is 11.8. The van der Waals surface area contributed by atoms with Crippen molar-refractivity contribution in [2.45, 2.75) is 5.75 Å². The Balaban J connectivity index is 1.32. The summed E-state index contributed by atoms with van der Waals surface area (Å²) in [4.78, 5) is 11.8. The van der Waals surface area contributed by atoms with Gasteiger partial charge in [0.15, 0.2) is 0 Å². The lowest BCUT2D eigenvalue weighted by atomic mass is 10.1. The van der Waals surface area contributed by atoms with Crippen LogP contribution in [0.1, 0.15) is 5.56 Å². The second kappa shape index (κ2) is 10.3. The highest BCUT2D eigenvalue weighted by atomic mass is 32.2. The molecule has 27 heavy (non-hydrogen) atoms. The maximum Gasteiger partial charge on any atom is 0.233 e. The van der Waals surface area contributed by atoms with Crippen molar-refractivity contribution in [1.82, 2.24) is 15.5 Å². The van der Waals surface area contributed by atoms with Gasteiger partial charge in [0.1, 0.15) is 6.61 Å². The van der Waals surface area contributed by atoms with Gasteiger partial charge in [-0.15, -0.1) is 22.0 Å². The molecule has 3 aromatic rings. The van der Waals surface area contributed by atoms with Crippen LogP contribution >= 0.6 is 11.8 Å². The fraction of sp³-hybridized carbons (Fsp3) is 0.190. The van der Waals surface area contributed by atoms with Crippen LogP contribution in [-0.4, -0.2) is 35.0 Å². The number of amides is 1. The van der Waals surface area contributed by atoms with Crippen LogP contribution in [0.3, 0.4) is 0 Å². The predicted octanol–water partition coefficient (Wildman–Crippen LogP) is 3.57. The number of thioether (sulfide) groups is 1. The number of nitrogens with zero attached hydrogens (tertiary/aromatic N) is 2. The van der Waals surface area contributed by atoms with Gasteiger partial charge in [-0.1, -0.05) is 60.7 Å². The van der Waals surface area contributed by atoms with Gasteiger partial charge in [0, 0.05) is 17.4 Å². The van der Waals surface area contributed by atoms with Crippen molar-refractivity contribution in [3.05, 3.63) is 78.4 Å². The van der Waals surface area contributed by atoms with E-state index in [9.17, 15) is 4.79 Å². The van der Waals surface area contributed by atoms with E-state index in [0.29, 0.717) is 24.8 Å². The van der Waals surface area contributed by atoms with Crippen molar-refractivity contribution in [1.29, 1.82) is 0 Å². The SMILES string of the molecule is O=C(CSCc1ccccc1)NCCOc1ccc(-c2ccccc2)nn1. The minimum Gasteiger partial charge on any atom is -0.475 e. The van der Waals surface area contributed by atoms with Gasteiger partial charge in [-0.05, 0) is 11.6 Å². The number of carbonyl (C=O) groups excluding carboxylic acids is 1. The number of aromatic nitrogens is 2. The minimum atomic E-state index is 0.00467. The number of benzene rings is 2. The lowest BCUT2D eigenvalue weighted by Crippen LogP contribution is -2.29. The van der Waals surface area contributed by atoms with E-state index in [4.69, 9.17) is 4.74 Å². The van der Waals surface area contributed by atoms with E-state index in [0.717, 1.165) is 17.0 Å². The Morgan fingerprint density at radius 2 is 1.67 bits per heavy atom. The molecule has 5 nitrogen and oxygen atoms in total. The molecule has 0 unspecified atom stereocenters. The molecule has 0 aliphatic rings. The van der Waals surface area contributed by atoms with Crippen molar-refractivity contribution in [2.24, 2.45) is 0 Å². The van der Waals surface area contributed by atoms with E-state index in [1.807, 2.05) is 54.6 Å². The first kappa shape index (κ1) is 18.9. The van der Waals surface area contributed by atoms with Gasteiger partial charge in [0.2, 0.25) is 11.8 Å². The highest BCUT2D eigenvalue weighted by Crippen LogP contribution is 2.16. The highest BCUT2D eigenvalue weighted by Gasteiger charge is 2.03. The summed E-state index contributed by atoms with van der Waals surface area (Å²) in [5, 5.41) is 11.1. The standard InChI is InChI=1S/C21H21N3O2S/c25-20(16-27-15-17-7-3-1-4-8-17)22-13-14-26-21-12-11-19(23-24-21)18-9-5-2-6-10-18/h1-12H,13-16H2,(H,22,25). The van der Waals surface area contributed by atoms with Gasteiger partial charge < -0.3 is 10.1 Å². The molecule has 0 saturated carbocycles. The average molecular weight is 379 g/mol. The minimum absolute atomic E-state index is 0.00467. The molecule has 6 heteroatoms. The molecule has 1 amide bonds. The number of rotatable bonds is 9. The summed E-state index contributed by atoms with van der Waals surface area (Å²) >= 11 is 1.59. The molecule has 2 aromatic carbocycles. The molecule has 0 aliphatic carbocycles. The lowest BCUT2D eigenvalue weighted by molar-refractivity contribution is -0.118. The Labute approximate surface area is 163 Å². The van der Waals surface area contributed by atoms with Crippen LogP contribution in [0, 0.1) is 0 Å². The molecule has 3 rings (SSSR count). The van der Waals surface area contributed by atoms with Gasteiger partial charge >= 0.3 is 0 Å². The Hall–Kier alpha value is -2.86. The Morgan fingerprint density at radius 3 is 2.37 bits per heavy atom. The second-order valence-corrected chi connectivity index (χ2v) is 6.79. The van der Waals surface area contributed by atoms with Crippen LogP contribution in [0.4, 0.5) is 0 Å². The molecule has 1 N–H and O–H groups in total. The monoisotopic (exact) mass is 379 g/mol. The van der Waals surface area contributed by atoms with Crippen molar-refractivity contribution in [2.75, 3.05) is 18.9 Å². The van der Waals surface area contributed by atoms with Crippen molar-refractivity contribution in [3.63, 3.8) is 0 Å². The zero-order valence-electron chi connectivity index (χ0n) is 14.9. The number of nitrogens with one attached hydrogen (secondary N) is 1. The van der Waals surface area contributed by atoms with E-state index in [-0.39, 0.29) is 5.91 Å². The fourth-order valence-electron chi connectivity index (χ4n) is 2.39. The fourth-order valence-corrected chi connectivity index (χ4v) is 3.21. The summed E-state index contributed by atoms with van der Waals surface area (Å²) in [5.41, 5.74) is 3.03. The summed E-state index contributed by atoms with van der Waals surface area (Å²) < 4.78 is 5.53. The second-order valence-electron chi connectivity index (χ2n) is 5.80. The molecular formula is C21H21N3O2S. The van der Waals surface area contributed by atoms with E-state index >= 15 is 0 Å². The van der Waals surface area contributed by atoms with E-state index in [1.54, 1.807) is 17.8 Å². The van der Waals surface area contributed by atoms with E-state index < -0.39 is 0 Å². The van der Waals surface area contributed by atoms with Crippen LogP contribution in [0.2, 0.25) is 0 Å². The predicted molar refractivity (Wildman–Crippen MR) is 109 cm³/mol. The van der Waals surface area contributed by atoms with Crippen molar-refractivity contribution < 1.29 is 9.53 Å². The zero-order valence-corrected chi connectivity index (χ0v) is 15.7. The molecule has 0 bridgehead atoms. The molecule has 1 heterocycles. The Morgan fingerprint density at radius 1 is 0.926 bits per heavy atom. The number of hydrogen-bond acceptors (Lipinski definition) is 5. The highest BCUT2D eigenvalue weighted by molar-refractivity contribution is 7.99. The largest absolute Gasteiger partial charge is 0.475 e. The third-order valence-corrected chi connectivity index (χ3v) is 4.73. The zero-order chi connectivity index (χ0) is 18.7. The molecular weight excluding hydrogens is 358 g/mol. The van der Waals surface area contributed by atoms with Gasteiger partial charge in [0.05, 0.1) is 18.0 Å². The first-order valence-corrected chi connectivity index (χ1v) is 9.87. The van der Waals surface area contributed by atoms with E-state index in [1.165, 1.54) is 5.56 Å². The lowest BCUT2D eigenvalue weighted by Gasteiger charge is -2.07. The molecule has 138 valence electrons. The number of ether oxygens (including phenoxy) is 1. The Kier molecular flexibility index (Phi) is 7.24. The smallest absolute Gasteiger partial charge is 0.233 e. The van der Waals surface area contributed by atoms with Gasteiger partial charge in [0.25, 0.3) is 0 Å². The summed E-state index contributed by atoms with van der Waals surface area (Å²) in [5.74, 6) is 1.71. The maximum absolute atomic E-state index is 11.8. The molecule has 0 spiro atoms. The summed E-state index contributed by atoms with van der Waals surface area (Å²) in [6.07, 6.45) is 0. The summed E-state index contributed by atoms with van der Waals surface area (Å²) in [6.45, 7) is 0.793. The topological polar surface area (TPSA) is 64.1 Å². The average Bonchev–Trinajstić information content (AvgIpc) is 2.73. The quantitative estimate of drug-likeness (QED) is 0.576. The number of hydrogen-bond donors (Lipinski definition) is 1. The molecule has 0 atom stereocenters. The first-order valence-electron chi connectivity index (χ1n) is 8.71. The normalized spacial score (nSPS) is 10.4.